The third-order valence-corrected chi connectivity index (χ3v) is 16.3. The summed E-state index contributed by atoms with van der Waals surface area (Å²) in [6, 6.07) is 23.6. The minimum absolute atomic E-state index is 0.0549. The Balaban J connectivity index is 1.12. The number of fused-ring (bicyclic) bond motifs is 9. The van der Waals surface area contributed by atoms with Crippen LogP contribution in [0.5, 0.6) is 5.75 Å². The van der Waals surface area contributed by atoms with Gasteiger partial charge in [0, 0.05) is 59.2 Å². The number of rotatable bonds is 10. The minimum atomic E-state index is -3.83. The molecule has 4 aromatic rings. The number of ether oxygens (including phenoxy) is 1. The molecule has 5 aliphatic rings. The second kappa shape index (κ2) is 14.3. The van der Waals surface area contributed by atoms with E-state index in [1.807, 2.05) is 18.2 Å². The fraction of sp³-hybridized carbons (Fsp3) is 0.522. The van der Waals surface area contributed by atoms with Crippen LogP contribution >= 0.6 is 0 Å². The lowest BCUT2D eigenvalue weighted by Gasteiger charge is -2.44. The van der Waals surface area contributed by atoms with Crippen LogP contribution in [0.2, 0.25) is 0 Å². The average molecular weight is 777 g/mol. The van der Waals surface area contributed by atoms with Gasteiger partial charge in [-0.2, -0.15) is 0 Å². The lowest BCUT2D eigenvalue weighted by Crippen LogP contribution is -2.54. The summed E-state index contributed by atoms with van der Waals surface area (Å²) in [5.74, 6) is 0.860. The van der Waals surface area contributed by atoms with E-state index in [1.165, 1.54) is 36.0 Å². The number of hydrogen-bond acceptors (Lipinski definition) is 6. The van der Waals surface area contributed by atoms with Gasteiger partial charge >= 0.3 is 0 Å². The number of aromatic nitrogens is 1. The molecule has 56 heavy (non-hydrogen) atoms. The topological polar surface area (TPSA) is 101 Å². The van der Waals surface area contributed by atoms with Crippen LogP contribution in [0, 0.1) is 5.41 Å². The van der Waals surface area contributed by atoms with E-state index in [-0.39, 0.29) is 23.9 Å². The molecule has 2 bridgehead atoms. The molecule has 1 N–H and O–H groups in total. The number of benzene rings is 3. The van der Waals surface area contributed by atoms with E-state index in [2.05, 4.69) is 68.6 Å². The van der Waals surface area contributed by atoms with Crippen LogP contribution in [0.25, 0.3) is 22.2 Å². The molecule has 2 saturated carbocycles. The summed E-state index contributed by atoms with van der Waals surface area (Å²) in [6.45, 7) is 4.85. The maximum atomic E-state index is 15.5. The van der Waals surface area contributed by atoms with E-state index >= 15 is 4.79 Å². The average Bonchev–Trinajstić information content (AvgIpc) is 3.81. The molecule has 2 aliphatic carbocycles. The first-order chi connectivity index (χ1) is 27.0. The van der Waals surface area contributed by atoms with Crippen LogP contribution in [0.15, 0.2) is 66.7 Å². The van der Waals surface area contributed by atoms with E-state index in [1.54, 1.807) is 27.0 Å². The zero-order valence-corrected chi connectivity index (χ0v) is 34.1. The summed E-state index contributed by atoms with van der Waals surface area (Å²) >= 11 is 0. The molecule has 0 spiro atoms. The Bertz CT molecular complexity index is 2270. The molecule has 0 radical (unpaired) electrons. The Morgan fingerprint density at radius 1 is 0.964 bits per heavy atom. The minimum Gasteiger partial charge on any atom is -0.497 e. The molecule has 9 rings (SSSR count). The van der Waals surface area contributed by atoms with Gasteiger partial charge in [0.15, 0.2) is 0 Å². The highest BCUT2D eigenvalue weighted by molar-refractivity contribution is 7.90. The van der Waals surface area contributed by atoms with Gasteiger partial charge in [0.25, 0.3) is 5.91 Å². The Hall–Kier alpha value is -4.15. The van der Waals surface area contributed by atoms with E-state index in [0.29, 0.717) is 30.5 Å². The zero-order chi connectivity index (χ0) is 38.9. The van der Waals surface area contributed by atoms with Crippen molar-refractivity contribution in [2.75, 3.05) is 14.2 Å². The summed E-state index contributed by atoms with van der Waals surface area (Å²) < 4.78 is 36.5. The van der Waals surface area contributed by atoms with E-state index in [9.17, 15) is 13.2 Å². The number of hydrogen-bond donors (Lipinski definition) is 1. The SMILES string of the molecule is CCC(C)S(=O)(=O)NC(=O)c1ccc2c(C3CCCCC3)c3n(c2c1)CC1(C(=O)N2C4CCC2CC(N(C)Cc2ccccc2)C4)CC1c1cc(OC)ccc1-3. The molecule has 2 saturated heterocycles. The van der Waals surface area contributed by atoms with Gasteiger partial charge in [-0.05, 0) is 118 Å². The van der Waals surface area contributed by atoms with Crippen LogP contribution in [0.1, 0.15) is 123 Å². The van der Waals surface area contributed by atoms with Gasteiger partial charge in [-0.15, -0.1) is 0 Å². The largest absolute Gasteiger partial charge is 0.497 e. The first-order valence-electron chi connectivity index (χ1n) is 21.0. The van der Waals surface area contributed by atoms with Crippen LogP contribution in [-0.4, -0.2) is 72.1 Å². The maximum Gasteiger partial charge on any atom is 0.264 e. The number of nitrogens with one attached hydrogen (secondary N) is 1. The second-order valence-electron chi connectivity index (χ2n) is 17.6. The van der Waals surface area contributed by atoms with Gasteiger partial charge in [-0.3, -0.25) is 14.5 Å². The molecule has 3 aromatic carbocycles. The Labute approximate surface area is 331 Å². The molecular formula is C46H56N4O5S. The fourth-order valence-electron chi connectivity index (χ4n) is 11.0. The van der Waals surface area contributed by atoms with Crippen molar-refractivity contribution in [3.05, 3.63) is 89.0 Å². The number of carbonyl (C=O) groups excluding carboxylic acids is 2. The van der Waals surface area contributed by atoms with Crippen molar-refractivity contribution in [1.82, 2.24) is 19.1 Å². The van der Waals surface area contributed by atoms with Crippen molar-refractivity contribution >= 4 is 32.7 Å². The molecule has 4 fully saturated rings. The molecule has 10 heteroatoms. The Morgan fingerprint density at radius 3 is 2.39 bits per heavy atom. The summed E-state index contributed by atoms with van der Waals surface area (Å²) in [7, 11) is 0.110. The number of carbonyl (C=O) groups is 2. The number of piperidine rings is 1. The van der Waals surface area contributed by atoms with E-state index in [0.717, 1.165) is 79.4 Å². The predicted octanol–water partition coefficient (Wildman–Crippen LogP) is 8.36. The third kappa shape index (κ3) is 6.26. The molecule has 5 atom stereocenters. The molecule has 9 nitrogen and oxygen atoms in total. The van der Waals surface area contributed by atoms with Crippen LogP contribution in [0.3, 0.4) is 0 Å². The molecule has 296 valence electrons. The number of sulfonamides is 1. The summed E-state index contributed by atoms with van der Waals surface area (Å²) in [5.41, 5.74) is 6.69. The lowest BCUT2D eigenvalue weighted by atomic mass is 9.81. The number of amides is 2. The van der Waals surface area contributed by atoms with E-state index < -0.39 is 26.6 Å². The molecule has 1 aromatic heterocycles. The molecule has 3 aliphatic heterocycles. The van der Waals surface area contributed by atoms with Crippen molar-refractivity contribution in [3.8, 4) is 17.0 Å². The maximum absolute atomic E-state index is 15.5. The highest BCUT2D eigenvalue weighted by Crippen LogP contribution is 2.67. The zero-order valence-electron chi connectivity index (χ0n) is 33.3. The lowest BCUT2D eigenvalue weighted by molar-refractivity contribution is -0.143. The van der Waals surface area contributed by atoms with Crippen molar-refractivity contribution in [3.63, 3.8) is 0 Å². The first kappa shape index (κ1) is 37.4. The highest BCUT2D eigenvalue weighted by Gasteiger charge is 2.65. The highest BCUT2D eigenvalue weighted by atomic mass is 32.2. The number of methoxy groups -OCH3 is 1. The van der Waals surface area contributed by atoms with Crippen LogP contribution in [0.4, 0.5) is 0 Å². The van der Waals surface area contributed by atoms with Crippen molar-refractivity contribution in [2.45, 2.75) is 133 Å². The Morgan fingerprint density at radius 2 is 1.70 bits per heavy atom. The summed E-state index contributed by atoms with van der Waals surface area (Å²) in [4.78, 5) is 33.9. The van der Waals surface area contributed by atoms with Crippen molar-refractivity contribution in [1.29, 1.82) is 0 Å². The standard InChI is InChI=1S/C46H56N4O5S/c1-5-29(2)56(53,54)47-44(51)32-16-20-38-41(22-32)49-28-46(45(52)50-33-17-18-34(50)24-35(23-33)48(3)27-30-12-8-6-9-13-30)26-40(46)39-25-36(55-4)19-21-37(39)43(49)42(38)31-14-10-7-11-15-31/h6,8-9,12-13,16,19-22,25,29,31,33-35,40H,5,7,10-11,14-15,17-18,23-24,26-28H2,1-4H3,(H,47,51). The molecule has 4 heterocycles. The monoisotopic (exact) mass is 776 g/mol. The van der Waals surface area contributed by atoms with Gasteiger partial charge in [-0.1, -0.05) is 62.6 Å². The van der Waals surface area contributed by atoms with Crippen LogP contribution < -0.4 is 9.46 Å². The van der Waals surface area contributed by atoms with Gasteiger partial charge < -0.3 is 14.2 Å². The van der Waals surface area contributed by atoms with Gasteiger partial charge in [0.05, 0.1) is 23.5 Å². The summed E-state index contributed by atoms with van der Waals surface area (Å²) in [6.07, 6.45) is 11.0. The normalized spacial score (nSPS) is 26.3. The smallest absolute Gasteiger partial charge is 0.264 e. The molecule has 5 unspecified atom stereocenters. The Kier molecular flexibility index (Phi) is 9.59. The third-order valence-electron chi connectivity index (χ3n) is 14.4. The van der Waals surface area contributed by atoms with Gasteiger partial charge in [0.1, 0.15) is 5.75 Å². The van der Waals surface area contributed by atoms with Gasteiger partial charge in [-0.25, -0.2) is 13.1 Å². The number of nitrogens with zero attached hydrogens (tertiary/aromatic N) is 3. The fourth-order valence-corrected chi connectivity index (χ4v) is 12.0. The van der Waals surface area contributed by atoms with Gasteiger partial charge in [0.2, 0.25) is 15.9 Å². The van der Waals surface area contributed by atoms with Crippen molar-refractivity contribution < 1.29 is 22.7 Å². The predicted molar refractivity (Wildman–Crippen MR) is 220 cm³/mol. The quantitative estimate of drug-likeness (QED) is 0.174. The molecule has 2 amide bonds. The summed E-state index contributed by atoms with van der Waals surface area (Å²) in [5, 5.41) is 0.410. The van der Waals surface area contributed by atoms with Crippen molar-refractivity contribution in [2.24, 2.45) is 5.41 Å². The molecular weight excluding hydrogens is 721 g/mol. The van der Waals surface area contributed by atoms with E-state index in [4.69, 9.17) is 4.74 Å². The second-order valence-corrected chi connectivity index (χ2v) is 19.7. The van der Waals surface area contributed by atoms with Crippen LogP contribution in [-0.2, 0) is 27.9 Å². The first-order valence-corrected chi connectivity index (χ1v) is 22.5.